The lowest BCUT2D eigenvalue weighted by molar-refractivity contribution is -0.180. The zero-order valence-electron chi connectivity index (χ0n) is 13.0. The molecule has 0 aromatic heterocycles. The van der Waals surface area contributed by atoms with Crippen LogP contribution < -0.4 is 0 Å². The van der Waals surface area contributed by atoms with Crippen molar-refractivity contribution in [1.82, 2.24) is 0 Å². The van der Waals surface area contributed by atoms with Crippen molar-refractivity contribution in [2.75, 3.05) is 0 Å². The Morgan fingerprint density at radius 2 is 1.70 bits per heavy atom. The van der Waals surface area contributed by atoms with Crippen LogP contribution in [0.15, 0.2) is 30.3 Å². The molecule has 0 saturated carbocycles. The summed E-state index contributed by atoms with van der Waals surface area (Å²) < 4.78 is 15.8. The molecule has 3 atom stereocenters. The highest BCUT2D eigenvalue weighted by molar-refractivity contribution is 5.90. The number of ether oxygens (including phenoxy) is 3. The van der Waals surface area contributed by atoms with Crippen LogP contribution >= 0.6 is 0 Å². The first-order chi connectivity index (χ1) is 10.7. The number of carboxylic acids is 1. The fourth-order valence-corrected chi connectivity index (χ4v) is 2.30. The lowest BCUT2D eigenvalue weighted by atomic mass is 10.1. The molecule has 2 rings (SSSR count). The van der Waals surface area contributed by atoms with Gasteiger partial charge in [0.1, 0.15) is 0 Å². The van der Waals surface area contributed by atoms with Gasteiger partial charge in [0.2, 0.25) is 6.10 Å². The van der Waals surface area contributed by atoms with E-state index >= 15 is 0 Å². The van der Waals surface area contributed by atoms with Crippen molar-refractivity contribution in [2.45, 2.75) is 44.9 Å². The Bertz CT molecular complexity index is 608. The minimum atomic E-state index is -1.48. The Labute approximate surface area is 133 Å². The van der Waals surface area contributed by atoms with Gasteiger partial charge in [-0.25, -0.2) is 9.59 Å². The highest BCUT2D eigenvalue weighted by atomic mass is 16.8. The molecular weight excluding hydrogens is 304 g/mol. The first-order valence-corrected chi connectivity index (χ1v) is 7.05. The van der Waals surface area contributed by atoms with Crippen LogP contribution in [0.3, 0.4) is 0 Å². The van der Waals surface area contributed by atoms with Crippen molar-refractivity contribution in [3.05, 3.63) is 35.9 Å². The standard InChI is InChI=1S/C16H18O7/c1-9(17)11-13(23-16(2,3)22-11)15(20)21-12(14(18)19)10-7-5-4-6-8-10/h4-8,11-13H,1-3H3,(H,18,19)/t11-,12+,13+/m1/s1. The number of ketones is 1. The van der Waals surface area contributed by atoms with E-state index in [9.17, 15) is 19.5 Å². The molecule has 1 N–H and O–H groups in total. The predicted molar refractivity (Wildman–Crippen MR) is 77.4 cm³/mol. The summed E-state index contributed by atoms with van der Waals surface area (Å²) in [5, 5.41) is 9.28. The SMILES string of the molecule is CC(=O)[C@H]1OC(C)(C)O[C@@H]1C(=O)O[C@H](C(=O)O)c1ccccc1. The summed E-state index contributed by atoms with van der Waals surface area (Å²) in [6.07, 6.45) is -3.90. The monoisotopic (exact) mass is 322 g/mol. The summed E-state index contributed by atoms with van der Waals surface area (Å²) in [6.45, 7) is 4.38. The van der Waals surface area contributed by atoms with Crippen LogP contribution in [0.5, 0.6) is 0 Å². The second-order valence-corrected chi connectivity index (χ2v) is 5.65. The van der Waals surface area contributed by atoms with Crippen molar-refractivity contribution >= 4 is 17.7 Å². The quantitative estimate of drug-likeness (QED) is 0.819. The molecule has 0 amide bonds. The van der Waals surface area contributed by atoms with Crippen LogP contribution in [-0.2, 0) is 28.6 Å². The maximum atomic E-state index is 12.3. The summed E-state index contributed by atoms with van der Waals surface area (Å²) in [5.74, 6) is -3.80. The molecule has 1 saturated heterocycles. The Hall–Kier alpha value is -2.25. The highest BCUT2D eigenvalue weighted by Crippen LogP contribution is 2.30. The van der Waals surface area contributed by atoms with Crippen LogP contribution in [0.2, 0.25) is 0 Å². The van der Waals surface area contributed by atoms with Gasteiger partial charge in [0.05, 0.1) is 0 Å². The normalized spacial score (nSPS) is 24.0. The fraction of sp³-hybridized carbons (Fsp3) is 0.438. The Balaban J connectivity index is 2.19. The van der Waals surface area contributed by atoms with Gasteiger partial charge in [0, 0.05) is 5.56 Å². The second kappa shape index (κ2) is 6.47. The molecule has 0 spiro atoms. The van der Waals surface area contributed by atoms with Gasteiger partial charge in [-0.1, -0.05) is 30.3 Å². The van der Waals surface area contributed by atoms with Crippen molar-refractivity contribution < 1.29 is 33.7 Å². The molecular formula is C16H18O7. The van der Waals surface area contributed by atoms with Crippen molar-refractivity contribution in [3.8, 4) is 0 Å². The third-order valence-electron chi connectivity index (χ3n) is 3.29. The summed E-state index contributed by atoms with van der Waals surface area (Å²) >= 11 is 0. The van der Waals surface area contributed by atoms with Gasteiger partial charge in [-0.3, -0.25) is 4.79 Å². The minimum absolute atomic E-state index is 0.311. The summed E-state index contributed by atoms with van der Waals surface area (Å²) in [4.78, 5) is 35.3. The molecule has 0 aliphatic carbocycles. The second-order valence-electron chi connectivity index (χ2n) is 5.65. The number of aliphatic carboxylic acids is 1. The number of carbonyl (C=O) groups excluding carboxylic acids is 2. The van der Waals surface area contributed by atoms with Crippen LogP contribution in [0.4, 0.5) is 0 Å². The van der Waals surface area contributed by atoms with Crippen molar-refractivity contribution in [2.24, 2.45) is 0 Å². The van der Waals surface area contributed by atoms with E-state index in [2.05, 4.69) is 0 Å². The summed E-state index contributed by atoms with van der Waals surface area (Å²) in [7, 11) is 0. The molecule has 1 fully saturated rings. The van der Waals surface area contributed by atoms with Gasteiger partial charge in [0.15, 0.2) is 23.8 Å². The highest BCUT2D eigenvalue weighted by Gasteiger charge is 2.49. The van der Waals surface area contributed by atoms with Gasteiger partial charge >= 0.3 is 11.9 Å². The van der Waals surface area contributed by atoms with E-state index in [0.29, 0.717) is 5.56 Å². The third kappa shape index (κ3) is 3.94. The number of benzene rings is 1. The molecule has 23 heavy (non-hydrogen) atoms. The van der Waals surface area contributed by atoms with Gasteiger partial charge in [0.25, 0.3) is 0 Å². The fourth-order valence-electron chi connectivity index (χ4n) is 2.30. The first-order valence-electron chi connectivity index (χ1n) is 7.05. The lowest BCUT2D eigenvalue weighted by Gasteiger charge is -2.19. The number of rotatable bonds is 5. The lowest BCUT2D eigenvalue weighted by Crippen LogP contribution is -2.38. The van der Waals surface area contributed by atoms with Gasteiger partial charge in [-0.15, -0.1) is 0 Å². The van der Waals surface area contributed by atoms with Crippen LogP contribution in [0.1, 0.15) is 32.4 Å². The topological polar surface area (TPSA) is 99.1 Å². The van der Waals surface area contributed by atoms with Gasteiger partial charge < -0.3 is 19.3 Å². The number of hydrogen-bond acceptors (Lipinski definition) is 6. The van der Waals surface area contributed by atoms with Crippen LogP contribution in [0.25, 0.3) is 0 Å². The van der Waals surface area contributed by atoms with E-state index in [0.717, 1.165) is 0 Å². The summed E-state index contributed by atoms with van der Waals surface area (Å²) in [6, 6.07) is 8.05. The van der Waals surface area contributed by atoms with E-state index in [1.807, 2.05) is 0 Å². The molecule has 1 aliphatic heterocycles. The molecule has 1 aromatic carbocycles. The van der Waals surface area contributed by atoms with Gasteiger partial charge in [-0.05, 0) is 20.8 Å². The van der Waals surface area contributed by atoms with Crippen LogP contribution in [0, 0.1) is 0 Å². The molecule has 0 bridgehead atoms. The van der Waals surface area contributed by atoms with Gasteiger partial charge in [-0.2, -0.15) is 0 Å². The average Bonchev–Trinajstić information content (AvgIpc) is 2.81. The maximum absolute atomic E-state index is 12.3. The molecule has 1 aliphatic rings. The van der Waals surface area contributed by atoms with E-state index < -0.39 is 41.8 Å². The van der Waals surface area contributed by atoms with E-state index in [4.69, 9.17) is 14.2 Å². The first kappa shape index (κ1) is 17.1. The van der Waals surface area contributed by atoms with Crippen molar-refractivity contribution in [3.63, 3.8) is 0 Å². The third-order valence-corrected chi connectivity index (χ3v) is 3.29. The molecule has 7 nitrogen and oxygen atoms in total. The number of Topliss-reactive ketones (excluding diaryl/α,β-unsaturated/α-hetero) is 1. The Kier molecular flexibility index (Phi) is 4.82. The molecule has 1 aromatic rings. The maximum Gasteiger partial charge on any atom is 0.349 e. The van der Waals surface area contributed by atoms with Crippen LogP contribution in [-0.4, -0.2) is 40.8 Å². The Morgan fingerprint density at radius 1 is 1.13 bits per heavy atom. The number of esters is 1. The van der Waals surface area contributed by atoms with E-state index in [1.165, 1.54) is 19.1 Å². The van der Waals surface area contributed by atoms with Crippen molar-refractivity contribution in [1.29, 1.82) is 0 Å². The predicted octanol–water partition coefficient (Wildman–Crippen LogP) is 1.46. The zero-order chi connectivity index (χ0) is 17.2. The smallest absolute Gasteiger partial charge is 0.349 e. The average molecular weight is 322 g/mol. The molecule has 1 heterocycles. The molecule has 0 radical (unpaired) electrons. The zero-order valence-corrected chi connectivity index (χ0v) is 13.0. The molecule has 7 heteroatoms. The molecule has 124 valence electrons. The molecule has 0 unspecified atom stereocenters. The van der Waals surface area contributed by atoms with E-state index in [-0.39, 0.29) is 0 Å². The Morgan fingerprint density at radius 3 is 2.22 bits per heavy atom. The van der Waals surface area contributed by atoms with E-state index in [1.54, 1.807) is 32.0 Å². The summed E-state index contributed by atoms with van der Waals surface area (Å²) in [5.41, 5.74) is 0.311. The number of hydrogen-bond donors (Lipinski definition) is 1. The number of carbonyl (C=O) groups is 3. The number of carboxylic acid groups (broad SMARTS) is 1. The minimum Gasteiger partial charge on any atom is -0.478 e. The largest absolute Gasteiger partial charge is 0.478 e.